The molecule has 2 amide bonds. The van der Waals surface area contributed by atoms with Crippen LogP contribution in [0, 0.1) is 0 Å². The lowest BCUT2D eigenvalue weighted by Gasteiger charge is -2.33. The minimum absolute atomic E-state index is 0.170. The van der Waals surface area contributed by atoms with Crippen molar-refractivity contribution in [3.63, 3.8) is 0 Å². The zero-order valence-electron chi connectivity index (χ0n) is 11.2. The highest BCUT2D eigenvalue weighted by Crippen LogP contribution is 2.12. The minimum atomic E-state index is -0.333. The maximum atomic E-state index is 12.2. The molecule has 1 saturated heterocycles. The van der Waals surface area contributed by atoms with Gasteiger partial charge in [0.2, 0.25) is 0 Å². The SMILES string of the molecule is CCOC(=O)N1CCN(C(=O)c2cc(Cl)ccn2)CC1. The van der Waals surface area contributed by atoms with Gasteiger partial charge in [-0.25, -0.2) is 4.79 Å². The van der Waals surface area contributed by atoms with Gasteiger partial charge in [0.1, 0.15) is 5.69 Å². The third kappa shape index (κ3) is 3.39. The molecule has 1 fully saturated rings. The first-order valence-corrected chi connectivity index (χ1v) is 6.82. The maximum absolute atomic E-state index is 12.2. The van der Waals surface area contributed by atoms with Crippen molar-refractivity contribution in [3.8, 4) is 0 Å². The van der Waals surface area contributed by atoms with Crippen molar-refractivity contribution in [1.29, 1.82) is 0 Å². The van der Waals surface area contributed by atoms with Crippen molar-refractivity contribution < 1.29 is 14.3 Å². The highest BCUT2D eigenvalue weighted by atomic mass is 35.5. The van der Waals surface area contributed by atoms with Crippen molar-refractivity contribution in [2.24, 2.45) is 0 Å². The second-order valence-corrected chi connectivity index (χ2v) is 4.77. The molecular weight excluding hydrogens is 282 g/mol. The monoisotopic (exact) mass is 297 g/mol. The maximum Gasteiger partial charge on any atom is 0.409 e. The van der Waals surface area contributed by atoms with Crippen LogP contribution in [0.25, 0.3) is 0 Å². The lowest BCUT2D eigenvalue weighted by atomic mass is 10.2. The molecule has 0 N–H and O–H groups in total. The molecular formula is C13H16ClN3O3. The zero-order chi connectivity index (χ0) is 14.5. The summed E-state index contributed by atoms with van der Waals surface area (Å²) in [5, 5.41) is 0.480. The van der Waals surface area contributed by atoms with Crippen LogP contribution in [-0.4, -0.2) is 59.6 Å². The van der Waals surface area contributed by atoms with Gasteiger partial charge in [-0.15, -0.1) is 0 Å². The number of carbonyl (C=O) groups is 2. The first-order valence-electron chi connectivity index (χ1n) is 6.44. The number of hydrogen-bond acceptors (Lipinski definition) is 4. The molecule has 1 aromatic rings. The van der Waals surface area contributed by atoms with Crippen LogP contribution in [-0.2, 0) is 4.74 Å². The van der Waals surface area contributed by atoms with Crippen molar-refractivity contribution >= 4 is 23.6 Å². The third-order valence-electron chi connectivity index (χ3n) is 3.03. The van der Waals surface area contributed by atoms with E-state index >= 15 is 0 Å². The van der Waals surface area contributed by atoms with E-state index in [-0.39, 0.29) is 12.0 Å². The number of amides is 2. The summed E-state index contributed by atoms with van der Waals surface area (Å²) >= 11 is 5.85. The molecule has 7 heteroatoms. The molecule has 0 aromatic carbocycles. The molecule has 0 spiro atoms. The van der Waals surface area contributed by atoms with Crippen LogP contribution < -0.4 is 0 Å². The van der Waals surface area contributed by atoms with Crippen molar-refractivity contribution in [1.82, 2.24) is 14.8 Å². The Balaban J connectivity index is 1.93. The summed E-state index contributed by atoms with van der Waals surface area (Å²) in [7, 11) is 0. The van der Waals surface area contributed by atoms with E-state index in [1.165, 1.54) is 6.20 Å². The first-order chi connectivity index (χ1) is 9.61. The largest absolute Gasteiger partial charge is 0.450 e. The van der Waals surface area contributed by atoms with Gasteiger partial charge >= 0.3 is 6.09 Å². The fraction of sp³-hybridized carbons (Fsp3) is 0.462. The van der Waals surface area contributed by atoms with Gasteiger partial charge in [0.25, 0.3) is 5.91 Å². The normalized spacial score (nSPS) is 15.1. The molecule has 2 rings (SSSR count). The van der Waals surface area contributed by atoms with Gasteiger partial charge < -0.3 is 14.5 Å². The number of ether oxygens (including phenoxy) is 1. The van der Waals surface area contributed by atoms with Gasteiger partial charge in [0.05, 0.1) is 6.61 Å². The second-order valence-electron chi connectivity index (χ2n) is 4.34. The molecule has 2 heterocycles. The molecule has 1 aliphatic rings. The molecule has 0 saturated carbocycles. The van der Waals surface area contributed by atoms with Gasteiger partial charge in [-0.05, 0) is 19.1 Å². The fourth-order valence-corrected chi connectivity index (χ4v) is 2.15. The Morgan fingerprint density at radius 1 is 1.30 bits per heavy atom. The van der Waals surface area contributed by atoms with E-state index in [2.05, 4.69) is 4.98 Å². The van der Waals surface area contributed by atoms with Gasteiger partial charge in [-0.3, -0.25) is 9.78 Å². The number of rotatable bonds is 2. The van der Waals surface area contributed by atoms with Crippen molar-refractivity contribution in [2.45, 2.75) is 6.92 Å². The van der Waals surface area contributed by atoms with Gasteiger partial charge in [0.15, 0.2) is 0 Å². The van der Waals surface area contributed by atoms with Crippen LogP contribution in [0.2, 0.25) is 5.02 Å². The molecule has 0 atom stereocenters. The summed E-state index contributed by atoms with van der Waals surface area (Å²) in [6, 6.07) is 3.17. The molecule has 0 aliphatic carbocycles. The summed E-state index contributed by atoms with van der Waals surface area (Å²) in [6.07, 6.45) is 1.17. The number of hydrogen-bond donors (Lipinski definition) is 0. The topological polar surface area (TPSA) is 62.7 Å². The van der Waals surface area contributed by atoms with Crippen LogP contribution in [0.4, 0.5) is 4.79 Å². The summed E-state index contributed by atoms with van der Waals surface area (Å²) < 4.78 is 4.93. The quantitative estimate of drug-likeness (QED) is 0.833. The Kier molecular flexibility index (Phi) is 4.79. The fourth-order valence-electron chi connectivity index (χ4n) is 1.99. The van der Waals surface area contributed by atoms with E-state index in [0.717, 1.165) is 0 Å². The number of aromatic nitrogens is 1. The Bertz CT molecular complexity index is 501. The van der Waals surface area contributed by atoms with Crippen LogP contribution in [0.5, 0.6) is 0 Å². The van der Waals surface area contributed by atoms with E-state index in [1.807, 2.05) is 0 Å². The van der Waals surface area contributed by atoms with Gasteiger partial charge in [-0.1, -0.05) is 11.6 Å². The molecule has 0 bridgehead atoms. The predicted octanol–water partition coefficient (Wildman–Crippen LogP) is 1.65. The van der Waals surface area contributed by atoms with Gasteiger partial charge in [-0.2, -0.15) is 0 Å². The van der Waals surface area contributed by atoms with E-state index in [4.69, 9.17) is 16.3 Å². The van der Waals surface area contributed by atoms with E-state index < -0.39 is 0 Å². The summed E-state index contributed by atoms with van der Waals surface area (Å²) in [5.74, 6) is -0.170. The highest BCUT2D eigenvalue weighted by molar-refractivity contribution is 6.30. The minimum Gasteiger partial charge on any atom is -0.450 e. The summed E-state index contributed by atoms with van der Waals surface area (Å²) in [6.45, 7) is 3.97. The summed E-state index contributed by atoms with van der Waals surface area (Å²) in [4.78, 5) is 31.1. The molecule has 6 nitrogen and oxygen atoms in total. The third-order valence-corrected chi connectivity index (χ3v) is 3.27. The Labute approximate surface area is 122 Å². The van der Waals surface area contributed by atoms with Crippen LogP contribution in [0.1, 0.15) is 17.4 Å². The first kappa shape index (κ1) is 14.6. The average Bonchev–Trinajstić information content (AvgIpc) is 2.47. The Morgan fingerprint density at radius 2 is 1.95 bits per heavy atom. The lowest BCUT2D eigenvalue weighted by molar-refractivity contribution is 0.0566. The van der Waals surface area contributed by atoms with Crippen LogP contribution in [0.3, 0.4) is 0 Å². The van der Waals surface area contributed by atoms with E-state index in [1.54, 1.807) is 28.9 Å². The van der Waals surface area contributed by atoms with Crippen LogP contribution >= 0.6 is 11.6 Å². The van der Waals surface area contributed by atoms with E-state index in [9.17, 15) is 9.59 Å². The number of pyridine rings is 1. The number of piperazine rings is 1. The predicted molar refractivity (Wildman–Crippen MR) is 73.7 cm³/mol. The lowest BCUT2D eigenvalue weighted by Crippen LogP contribution is -2.50. The van der Waals surface area contributed by atoms with Gasteiger partial charge in [0, 0.05) is 37.4 Å². The Morgan fingerprint density at radius 3 is 2.55 bits per heavy atom. The molecule has 1 aromatic heterocycles. The smallest absolute Gasteiger partial charge is 0.409 e. The van der Waals surface area contributed by atoms with Crippen LogP contribution in [0.15, 0.2) is 18.3 Å². The average molecular weight is 298 g/mol. The molecule has 1 aliphatic heterocycles. The van der Waals surface area contributed by atoms with Crippen molar-refractivity contribution in [2.75, 3.05) is 32.8 Å². The number of carbonyl (C=O) groups excluding carboxylic acids is 2. The molecule has 0 radical (unpaired) electrons. The molecule has 108 valence electrons. The molecule has 20 heavy (non-hydrogen) atoms. The summed E-state index contributed by atoms with van der Waals surface area (Å²) in [5.41, 5.74) is 0.321. The van der Waals surface area contributed by atoms with Crippen molar-refractivity contribution in [3.05, 3.63) is 29.0 Å². The number of halogens is 1. The zero-order valence-corrected chi connectivity index (χ0v) is 12.0. The Hall–Kier alpha value is -1.82. The standard InChI is InChI=1S/C13H16ClN3O3/c1-2-20-13(19)17-7-5-16(6-8-17)12(18)11-9-10(14)3-4-15-11/h3-4,9H,2,5-8H2,1H3. The molecule has 0 unspecified atom stereocenters. The number of nitrogens with zero attached hydrogens (tertiary/aromatic N) is 3. The van der Waals surface area contributed by atoms with E-state index in [0.29, 0.717) is 43.5 Å². The highest BCUT2D eigenvalue weighted by Gasteiger charge is 2.26. The second kappa shape index (κ2) is 6.56.